The van der Waals surface area contributed by atoms with Gasteiger partial charge in [0.15, 0.2) is 11.5 Å². The third-order valence-electron chi connectivity index (χ3n) is 4.28. The van der Waals surface area contributed by atoms with Crippen LogP contribution in [0.1, 0.15) is 12.1 Å². The quantitative estimate of drug-likeness (QED) is 0.211. The van der Waals surface area contributed by atoms with Crippen molar-refractivity contribution < 1.29 is 22.6 Å². The third-order valence-corrected chi connectivity index (χ3v) is 5.92. The van der Waals surface area contributed by atoms with Crippen molar-refractivity contribution in [3.8, 4) is 0 Å². The van der Waals surface area contributed by atoms with Crippen LogP contribution in [0.15, 0.2) is 32.3 Å². The van der Waals surface area contributed by atoms with Crippen molar-refractivity contribution in [2.45, 2.75) is 12.0 Å². The van der Waals surface area contributed by atoms with Gasteiger partial charge in [-0.1, -0.05) is 0 Å². The summed E-state index contributed by atoms with van der Waals surface area (Å²) in [4.78, 5) is 4.14. The number of benzene rings is 1. The van der Waals surface area contributed by atoms with E-state index < -0.39 is 21.6 Å². The van der Waals surface area contributed by atoms with Crippen molar-refractivity contribution in [3.63, 3.8) is 0 Å². The Kier molecular flexibility index (Phi) is 6.16. The van der Waals surface area contributed by atoms with Crippen LogP contribution in [-0.2, 0) is 10.2 Å². The molecule has 15 heteroatoms. The van der Waals surface area contributed by atoms with Gasteiger partial charge in [0.05, 0.1) is 10.2 Å². The molecular formula is C14H18BrFN8O4S. The number of nitrogens with zero attached hydrogens (tertiary/aromatic N) is 4. The van der Waals surface area contributed by atoms with Crippen LogP contribution in [0.3, 0.4) is 0 Å². The van der Waals surface area contributed by atoms with E-state index in [1.807, 2.05) is 5.48 Å². The molecule has 0 spiro atoms. The maximum atomic E-state index is 13.4. The summed E-state index contributed by atoms with van der Waals surface area (Å²) in [7, 11) is -3.83. The second kappa shape index (κ2) is 8.29. The Morgan fingerprint density at radius 1 is 1.48 bits per heavy atom. The number of hydrogen-bond acceptors (Lipinski definition) is 9. The Balaban J connectivity index is 1.76. The number of amidine groups is 1. The summed E-state index contributed by atoms with van der Waals surface area (Å²) in [5.74, 6) is -0.465. The van der Waals surface area contributed by atoms with Crippen molar-refractivity contribution in [2.24, 2.45) is 15.9 Å². The van der Waals surface area contributed by atoms with E-state index in [-0.39, 0.29) is 41.5 Å². The first kappa shape index (κ1) is 21.5. The highest BCUT2D eigenvalue weighted by atomic mass is 79.9. The van der Waals surface area contributed by atoms with Gasteiger partial charge in [-0.15, -0.1) is 0 Å². The molecule has 2 heterocycles. The molecule has 1 saturated heterocycles. The highest BCUT2D eigenvalue weighted by molar-refractivity contribution is 9.10. The Hall–Kier alpha value is -2.17. The molecule has 0 radical (unpaired) electrons. The highest BCUT2D eigenvalue weighted by Crippen LogP contribution is 2.24. The smallest absolute Gasteiger partial charge is 0.276 e. The summed E-state index contributed by atoms with van der Waals surface area (Å²) in [5.41, 5.74) is 7.60. The lowest BCUT2D eigenvalue weighted by atomic mass is 10.0. The van der Waals surface area contributed by atoms with E-state index in [4.69, 9.17) is 15.5 Å². The fourth-order valence-corrected chi connectivity index (χ4v) is 3.90. The molecule has 12 nitrogen and oxygen atoms in total. The van der Waals surface area contributed by atoms with Crippen LogP contribution in [0.2, 0.25) is 0 Å². The van der Waals surface area contributed by atoms with Crippen molar-refractivity contribution in [2.75, 3.05) is 25.0 Å². The molecular weight excluding hydrogens is 475 g/mol. The van der Waals surface area contributed by atoms with Crippen molar-refractivity contribution in [1.82, 2.24) is 20.1 Å². The van der Waals surface area contributed by atoms with Crippen LogP contribution >= 0.6 is 15.9 Å². The molecule has 1 aliphatic rings. The number of rotatable bonds is 6. The predicted molar refractivity (Wildman–Crippen MR) is 104 cm³/mol. The molecule has 0 bridgehead atoms. The number of hydrogen-bond donors (Lipinski definition) is 5. The van der Waals surface area contributed by atoms with Crippen LogP contribution in [0.5, 0.6) is 0 Å². The zero-order chi connectivity index (χ0) is 21.2. The third kappa shape index (κ3) is 5.06. The first-order chi connectivity index (χ1) is 13.6. The number of hydroxylamine groups is 1. The topological polar surface area (TPSA) is 185 Å². The van der Waals surface area contributed by atoms with Gasteiger partial charge in [0, 0.05) is 25.2 Å². The largest absolute Gasteiger partial charge is 0.363 e. The van der Waals surface area contributed by atoms with E-state index in [0.717, 1.165) is 4.31 Å². The summed E-state index contributed by atoms with van der Waals surface area (Å²) in [6.45, 7) is 0.356. The summed E-state index contributed by atoms with van der Waals surface area (Å²) in [6, 6.07) is 4.00. The molecule has 0 saturated carbocycles. The average molecular weight is 493 g/mol. The Morgan fingerprint density at radius 3 is 2.86 bits per heavy atom. The van der Waals surface area contributed by atoms with E-state index in [1.165, 1.54) is 18.2 Å². The first-order valence-corrected chi connectivity index (χ1v) is 10.5. The lowest BCUT2D eigenvalue weighted by Crippen LogP contribution is -2.50. The molecule has 0 amide bonds. The summed E-state index contributed by atoms with van der Waals surface area (Å²) in [5, 5.41) is 24.9. The van der Waals surface area contributed by atoms with Crippen LogP contribution in [0, 0.1) is 5.82 Å². The Morgan fingerprint density at radius 2 is 2.24 bits per heavy atom. The van der Waals surface area contributed by atoms with Crippen molar-refractivity contribution >= 4 is 43.5 Å². The lowest BCUT2D eigenvalue weighted by Gasteiger charge is -2.24. The molecule has 29 heavy (non-hydrogen) atoms. The minimum Gasteiger partial charge on any atom is -0.363 e. The van der Waals surface area contributed by atoms with Gasteiger partial charge < -0.3 is 11.1 Å². The van der Waals surface area contributed by atoms with Gasteiger partial charge in [-0.05, 0) is 50.9 Å². The van der Waals surface area contributed by atoms with E-state index in [1.54, 1.807) is 0 Å². The molecule has 0 unspecified atom stereocenters. The number of nitrogens with one attached hydrogen (secondary N) is 2. The van der Waals surface area contributed by atoms with Crippen molar-refractivity contribution in [1.29, 1.82) is 0 Å². The van der Waals surface area contributed by atoms with E-state index >= 15 is 0 Å². The molecule has 1 aromatic carbocycles. The number of anilines is 1. The molecule has 7 N–H and O–H groups in total. The molecule has 3 rings (SSSR count). The van der Waals surface area contributed by atoms with Gasteiger partial charge in [0.1, 0.15) is 5.82 Å². The van der Waals surface area contributed by atoms with Gasteiger partial charge in [0.2, 0.25) is 5.82 Å². The summed E-state index contributed by atoms with van der Waals surface area (Å²) in [6.07, 6.45) is 0.375. The van der Waals surface area contributed by atoms with Gasteiger partial charge in [-0.2, -0.15) is 12.7 Å². The fraction of sp³-hybridized carbons (Fsp3) is 0.357. The average Bonchev–Trinajstić information content (AvgIpc) is 3.28. The fourth-order valence-electron chi connectivity index (χ4n) is 2.75. The molecule has 2 aromatic rings. The summed E-state index contributed by atoms with van der Waals surface area (Å²) < 4.78 is 42.3. The van der Waals surface area contributed by atoms with Crippen LogP contribution < -0.4 is 21.7 Å². The maximum Gasteiger partial charge on any atom is 0.276 e. The van der Waals surface area contributed by atoms with E-state index in [0.29, 0.717) is 12.1 Å². The zero-order valence-corrected chi connectivity index (χ0v) is 17.2. The highest BCUT2D eigenvalue weighted by Gasteiger charge is 2.39. The van der Waals surface area contributed by atoms with Crippen molar-refractivity contribution in [3.05, 3.63) is 34.2 Å². The number of aliphatic imine (C=N–C) groups is 1. The van der Waals surface area contributed by atoms with Crippen LogP contribution in [0.25, 0.3) is 0 Å². The van der Waals surface area contributed by atoms with Gasteiger partial charge in [-0.3, -0.25) is 10.7 Å². The second-order valence-electron chi connectivity index (χ2n) is 6.48. The number of halogens is 2. The molecule has 1 atom stereocenters. The molecule has 0 aliphatic carbocycles. The Bertz CT molecular complexity index is 1030. The maximum absolute atomic E-state index is 13.4. The van der Waals surface area contributed by atoms with Gasteiger partial charge in [0.25, 0.3) is 10.2 Å². The van der Waals surface area contributed by atoms with Gasteiger partial charge >= 0.3 is 0 Å². The van der Waals surface area contributed by atoms with Crippen LogP contribution in [-0.4, -0.2) is 59.3 Å². The molecule has 1 fully saturated rings. The molecule has 158 valence electrons. The van der Waals surface area contributed by atoms with E-state index in [9.17, 15) is 18.0 Å². The number of aromatic nitrogens is 2. The predicted octanol–water partition coefficient (Wildman–Crippen LogP) is 0.0469. The minimum atomic E-state index is -3.83. The number of nitrogens with two attached hydrogens (primary N) is 2. The normalized spacial score (nSPS) is 20.8. The standard InChI is InChI=1S/C14H18BrFN8O4S/c15-9-5-8(1-2-10(9)16)20-13(21-25)11-12(23-28-22-11)19-6-14(17)3-4-24(7-14)29(18,26)27/h1-2,5,25H,3-4,6-7,17H2,(H,19,23)(H,20,21)(H2,18,26,27)/t14-/m1/s1. The second-order valence-corrected chi connectivity index (χ2v) is 8.88. The van der Waals surface area contributed by atoms with Gasteiger partial charge in [-0.25, -0.2) is 19.2 Å². The zero-order valence-electron chi connectivity index (χ0n) is 14.8. The van der Waals surface area contributed by atoms with E-state index in [2.05, 4.69) is 36.6 Å². The first-order valence-electron chi connectivity index (χ1n) is 8.19. The monoisotopic (exact) mass is 492 g/mol. The molecule has 1 aliphatic heterocycles. The SMILES string of the molecule is N[C@@]1(CNc2nonc2C(=Nc2ccc(F)c(Br)c2)NO)CCN(S(N)(=O)=O)C1. The minimum absolute atomic E-state index is 0.0300. The Labute approximate surface area is 173 Å². The lowest BCUT2D eigenvalue weighted by molar-refractivity contribution is 0.234. The van der Waals surface area contributed by atoms with Crippen LogP contribution in [0.4, 0.5) is 15.9 Å². The molecule has 1 aromatic heterocycles. The summed E-state index contributed by atoms with van der Waals surface area (Å²) >= 11 is 3.05.